The van der Waals surface area contributed by atoms with Gasteiger partial charge in [0.15, 0.2) is 0 Å². The van der Waals surface area contributed by atoms with Gasteiger partial charge in [-0.1, -0.05) is 0 Å². The molecule has 2 rings (SSSR count). The fraction of sp³-hybridized carbons (Fsp3) is 0.812. The molecule has 0 aromatic carbocycles. The summed E-state index contributed by atoms with van der Waals surface area (Å²) in [6.45, 7) is 9.08. The number of nitrogens with zero attached hydrogens (tertiary/aromatic N) is 2. The van der Waals surface area contributed by atoms with Crippen molar-refractivity contribution in [2.24, 2.45) is 5.92 Å². The fourth-order valence-electron chi connectivity index (χ4n) is 3.04. The average Bonchev–Trinajstić information content (AvgIpc) is 2.85. The third-order valence-electron chi connectivity index (χ3n) is 4.12. The molecule has 2 aliphatic rings. The Kier molecular flexibility index (Phi) is 4.59. The van der Waals surface area contributed by atoms with E-state index in [0.29, 0.717) is 12.0 Å². The van der Waals surface area contributed by atoms with Crippen LogP contribution in [-0.4, -0.2) is 53.7 Å². The van der Waals surface area contributed by atoms with Crippen LogP contribution in [0.25, 0.3) is 0 Å². The van der Waals surface area contributed by atoms with Crippen LogP contribution in [-0.2, 0) is 4.74 Å². The summed E-state index contributed by atoms with van der Waals surface area (Å²) in [5.41, 5.74) is -0.417. The van der Waals surface area contributed by atoms with E-state index in [1.54, 1.807) is 0 Å². The number of hydrogen-bond donors (Lipinski definition) is 0. The van der Waals surface area contributed by atoms with Crippen molar-refractivity contribution in [3.63, 3.8) is 0 Å². The minimum absolute atomic E-state index is 0.190. The molecule has 1 aliphatic heterocycles. The van der Waals surface area contributed by atoms with E-state index < -0.39 is 5.60 Å². The van der Waals surface area contributed by atoms with Crippen molar-refractivity contribution in [1.29, 1.82) is 0 Å². The number of rotatable bonds is 1. The molecule has 0 aromatic heterocycles. The molecule has 4 heteroatoms. The lowest BCUT2D eigenvalue weighted by molar-refractivity contribution is 0.0105. The zero-order valence-corrected chi connectivity index (χ0v) is 12.9. The summed E-state index contributed by atoms with van der Waals surface area (Å²) in [7, 11) is 0. The van der Waals surface area contributed by atoms with Gasteiger partial charge in [-0.25, -0.2) is 4.79 Å². The Hall–Kier alpha value is -1.21. The van der Waals surface area contributed by atoms with E-state index in [1.807, 2.05) is 25.7 Å². The van der Waals surface area contributed by atoms with Gasteiger partial charge in [-0.2, -0.15) is 0 Å². The first-order chi connectivity index (χ1) is 9.39. The number of hydrogen-bond acceptors (Lipinski definition) is 3. The van der Waals surface area contributed by atoms with Crippen molar-refractivity contribution in [3.05, 3.63) is 0 Å². The molecule has 1 amide bonds. The van der Waals surface area contributed by atoms with Crippen molar-refractivity contribution in [2.75, 3.05) is 26.2 Å². The molecule has 0 spiro atoms. The van der Waals surface area contributed by atoms with E-state index in [4.69, 9.17) is 11.2 Å². The molecule has 112 valence electrons. The number of piperazine rings is 1. The highest BCUT2D eigenvalue weighted by Gasteiger charge is 2.32. The predicted octanol–water partition coefficient (Wildman–Crippen LogP) is 2.34. The molecule has 4 nitrogen and oxygen atoms in total. The molecule has 20 heavy (non-hydrogen) atoms. The maximum Gasteiger partial charge on any atom is 0.410 e. The molecule has 0 bridgehead atoms. The second-order valence-electron chi connectivity index (χ2n) is 6.83. The first kappa shape index (κ1) is 15.2. The van der Waals surface area contributed by atoms with Crippen molar-refractivity contribution in [2.45, 2.75) is 51.7 Å². The highest BCUT2D eigenvalue weighted by atomic mass is 16.6. The van der Waals surface area contributed by atoms with Crippen LogP contribution in [0.15, 0.2) is 0 Å². The van der Waals surface area contributed by atoms with E-state index >= 15 is 0 Å². The molecule has 0 aromatic rings. The van der Waals surface area contributed by atoms with Gasteiger partial charge in [-0.3, -0.25) is 4.90 Å². The number of terminal acetylenes is 1. The normalized spacial score (nSPS) is 28.2. The maximum absolute atomic E-state index is 12.0. The van der Waals surface area contributed by atoms with Crippen molar-refractivity contribution < 1.29 is 9.53 Å². The summed E-state index contributed by atoms with van der Waals surface area (Å²) in [6.07, 6.45) is 8.77. The van der Waals surface area contributed by atoms with Gasteiger partial charge in [0.2, 0.25) is 0 Å². The lowest BCUT2D eigenvalue weighted by Gasteiger charge is -2.38. The molecule has 0 radical (unpaired) electrons. The molecular weight excluding hydrogens is 252 g/mol. The van der Waals surface area contributed by atoms with E-state index in [0.717, 1.165) is 39.0 Å². The van der Waals surface area contributed by atoms with E-state index in [9.17, 15) is 4.79 Å². The summed E-state index contributed by atoms with van der Waals surface area (Å²) in [4.78, 5) is 16.3. The highest BCUT2D eigenvalue weighted by Crippen LogP contribution is 2.29. The van der Waals surface area contributed by atoms with Gasteiger partial charge < -0.3 is 9.64 Å². The van der Waals surface area contributed by atoms with Gasteiger partial charge >= 0.3 is 6.09 Å². The lowest BCUT2D eigenvalue weighted by Crippen LogP contribution is -2.52. The van der Waals surface area contributed by atoms with Crippen LogP contribution in [0.3, 0.4) is 0 Å². The smallest absolute Gasteiger partial charge is 0.410 e. The number of carbonyl (C=O) groups is 1. The van der Waals surface area contributed by atoms with E-state index in [2.05, 4.69) is 10.8 Å². The van der Waals surface area contributed by atoms with Crippen LogP contribution < -0.4 is 0 Å². The molecule has 0 N–H and O–H groups in total. The number of amides is 1. The molecule has 1 aliphatic carbocycles. The minimum atomic E-state index is -0.417. The Morgan fingerprint density at radius 3 is 2.35 bits per heavy atom. The largest absolute Gasteiger partial charge is 0.444 e. The summed E-state index contributed by atoms with van der Waals surface area (Å²) >= 11 is 0. The summed E-state index contributed by atoms with van der Waals surface area (Å²) < 4.78 is 5.41. The molecule has 1 unspecified atom stereocenters. The molecule has 2 atom stereocenters. The summed E-state index contributed by atoms with van der Waals surface area (Å²) in [5, 5.41) is 0. The van der Waals surface area contributed by atoms with Crippen molar-refractivity contribution in [1.82, 2.24) is 9.80 Å². The number of carbonyl (C=O) groups excluding carboxylic acids is 1. The van der Waals surface area contributed by atoms with Crippen LogP contribution >= 0.6 is 0 Å². The second kappa shape index (κ2) is 6.05. The van der Waals surface area contributed by atoms with Crippen LogP contribution in [0.1, 0.15) is 40.0 Å². The predicted molar refractivity (Wildman–Crippen MR) is 79.3 cm³/mol. The van der Waals surface area contributed by atoms with E-state index in [1.165, 1.54) is 6.42 Å². The van der Waals surface area contributed by atoms with Gasteiger partial charge in [0.1, 0.15) is 5.60 Å². The van der Waals surface area contributed by atoms with Gasteiger partial charge in [0.25, 0.3) is 0 Å². The number of ether oxygens (including phenoxy) is 1. The van der Waals surface area contributed by atoms with Crippen molar-refractivity contribution >= 4 is 6.09 Å². The Morgan fingerprint density at radius 2 is 1.85 bits per heavy atom. The first-order valence-corrected chi connectivity index (χ1v) is 7.57. The minimum Gasteiger partial charge on any atom is -0.444 e. The van der Waals surface area contributed by atoms with Gasteiger partial charge in [0, 0.05) is 38.1 Å². The topological polar surface area (TPSA) is 32.8 Å². The van der Waals surface area contributed by atoms with Gasteiger partial charge in [-0.15, -0.1) is 12.3 Å². The quantitative estimate of drug-likeness (QED) is 0.690. The fourth-order valence-corrected chi connectivity index (χ4v) is 3.04. The molecule has 2 fully saturated rings. The van der Waals surface area contributed by atoms with Crippen LogP contribution in [0, 0.1) is 18.3 Å². The zero-order valence-electron chi connectivity index (χ0n) is 12.9. The lowest BCUT2D eigenvalue weighted by atomic mass is 10.1. The molecule has 1 saturated heterocycles. The van der Waals surface area contributed by atoms with Gasteiger partial charge in [0.05, 0.1) is 0 Å². The second-order valence-corrected chi connectivity index (χ2v) is 6.83. The van der Waals surface area contributed by atoms with Crippen molar-refractivity contribution in [3.8, 4) is 12.3 Å². The maximum atomic E-state index is 12.0. The monoisotopic (exact) mass is 278 g/mol. The summed E-state index contributed by atoms with van der Waals surface area (Å²) in [6, 6.07) is 0.608. The third kappa shape index (κ3) is 3.89. The molecule has 1 heterocycles. The molecular formula is C16H26N2O2. The SMILES string of the molecule is C#CC1CC[C@@H](N2CCN(C(=O)OC(C)(C)C)CC2)C1. The highest BCUT2D eigenvalue weighted by molar-refractivity contribution is 5.68. The standard InChI is InChI=1S/C16H26N2O2/c1-5-13-6-7-14(12-13)17-8-10-18(11-9-17)15(19)20-16(2,3)4/h1,13-14H,6-12H2,2-4H3/t13?,14-/m1/s1. The first-order valence-electron chi connectivity index (χ1n) is 7.57. The third-order valence-corrected chi connectivity index (χ3v) is 4.12. The van der Waals surface area contributed by atoms with Crippen LogP contribution in [0.4, 0.5) is 4.79 Å². The summed E-state index contributed by atoms with van der Waals surface area (Å²) in [5.74, 6) is 3.32. The van der Waals surface area contributed by atoms with Crippen LogP contribution in [0.5, 0.6) is 0 Å². The Labute approximate surface area is 122 Å². The van der Waals surface area contributed by atoms with E-state index in [-0.39, 0.29) is 6.09 Å². The average molecular weight is 278 g/mol. The van der Waals surface area contributed by atoms with Gasteiger partial charge in [-0.05, 0) is 40.0 Å². The van der Waals surface area contributed by atoms with Crippen LogP contribution in [0.2, 0.25) is 0 Å². The molecule has 1 saturated carbocycles. The Morgan fingerprint density at radius 1 is 1.20 bits per heavy atom. The zero-order chi connectivity index (χ0) is 14.8. The Bertz CT molecular complexity index is 386. The Balaban J connectivity index is 1.78.